The Bertz CT molecular complexity index is 815. The SMILES string of the molecule is CC1(C)[C@@]2(C)CC[C@]1(C(=O)O[C@@H]1CC[C@H]3[C@@H]1CC[C@@H]3c1ccccc1)OC2=O. The molecule has 0 unspecified atom stereocenters. The summed E-state index contributed by atoms with van der Waals surface area (Å²) in [6.07, 6.45) is 5.53. The molecule has 1 aromatic rings. The molecule has 0 radical (unpaired) electrons. The molecular formula is C24H30O4. The highest BCUT2D eigenvalue weighted by molar-refractivity contribution is 5.93. The Morgan fingerprint density at radius 2 is 1.71 bits per heavy atom. The predicted octanol–water partition coefficient (Wildman–Crippen LogP) is 4.62. The first kappa shape index (κ1) is 18.2. The van der Waals surface area contributed by atoms with Crippen molar-refractivity contribution in [2.24, 2.45) is 22.7 Å². The monoisotopic (exact) mass is 382 g/mol. The van der Waals surface area contributed by atoms with Crippen molar-refractivity contribution in [2.45, 2.75) is 76.9 Å². The van der Waals surface area contributed by atoms with E-state index in [2.05, 4.69) is 30.3 Å². The highest BCUT2D eigenvalue weighted by atomic mass is 16.6. The zero-order valence-electron chi connectivity index (χ0n) is 17.1. The quantitative estimate of drug-likeness (QED) is 0.716. The van der Waals surface area contributed by atoms with Crippen molar-refractivity contribution in [3.05, 3.63) is 35.9 Å². The van der Waals surface area contributed by atoms with Crippen LogP contribution in [0, 0.1) is 22.7 Å². The zero-order valence-corrected chi connectivity index (χ0v) is 17.1. The maximum atomic E-state index is 13.3. The van der Waals surface area contributed by atoms with Gasteiger partial charge in [-0.1, -0.05) is 44.2 Å². The molecule has 1 heterocycles. The van der Waals surface area contributed by atoms with E-state index in [1.54, 1.807) is 0 Å². The van der Waals surface area contributed by atoms with Crippen molar-refractivity contribution in [3.63, 3.8) is 0 Å². The van der Waals surface area contributed by atoms with E-state index in [-0.39, 0.29) is 18.0 Å². The smallest absolute Gasteiger partial charge is 0.351 e. The van der Waals surface area contributed by atoms with Gasteiger partial charge in [-0.05, 0) is 68.8 Å². The van der Waals surface area contributed by atoms with Gasteiger partial charge >= 0.3 is 11.9 Å². The van der Waals surface area contributed by atoms with Gasteiger partial charge in [0.25, 0.3) is 0 Å². The van der Waals surface area contributed by atoms with Crippen molar-refractivity contribution in [1.82, 2.24) is 0 Å². The van der Waals surface area contributed by atoms with Crippen LogP contribution in [0.2, 0.25) is 0 Å². The molecule has 150 valence electrons. The van der Waals surface area contributed by atoms with Crippen LogP contribution >= 0.6 is 0 Å². The lowest BCUT2D eigenvalue weighted by Gasteiger charge is -2.35. The number of carbonyl (C=O) groups is 2. The molecule has 5 rings (SSSR count). The number of fused-ring (bicyclic) bond motifs is 3. The summed E-state index contributed by atoms with van der Waals surface area (Å²) in [5.41, 5.74) is -0.809. The second-order valence-corrected chi connectivity index (χ2v) is 10.1. The molecule has 0 spiro atoms. The van der Waals surface area contributed by atoms with Crippen molar-refractivity contribution < 1.29 is 19.1 Å². The summed E-state index contributed by atoms with van der Waals surface area (Å²) in [6.45, 7) is 5.92. The van der Waals surface area contributed by atoms with E-state index in [0.29, 0.717) is 30.6 Å². The largest absolute Gasteiger partial charge is 0.459 e. The van der Waals surface area contributed by atoms with E-state index in [0.717, 1.165) is 25.7 Å². The predicted molar refractivity (Wildman–Crippen MR) is 104 cm³/mol. The van der Waals surface area contributed by atoms with E-state index in [4.69, 9.17) is 9.47 Å². The fourth-order valence-electron chi connectivity index (χ4n) is 6.74. The minimum absolute atomic E-state index is 0.0393. The van der Waals surface area contributed by atoms with Crippen LogP contribution in [0.15, 0.2) is 30.3 Å². The average molecular weight is 383 g/mol. The normalized spacial score (nSPS) is 43.0. The fourth-order valence-corrected chi connectivity index (χ4v) is 6.74. The van der Waals surface area contributed by atoms with Crippen LogP contribution in [0.4, 0.5) is 0 Å². The Kier molecular flexibility index (Phi) is 3.80. The standard InChI is InChI=1S/C24H30O4/c1-22(2)23(3)13-14-24(22,28-20(23)25)21(26)27-19-12-11-17-16(9-10-18(17)19)15-7-5-4-6-8-15/h4-8,16-19H,9-14H2,1-3H3/t16-,17-,18+,19-,23+,24-/m1/s1. The van der Waals surface area contributed by atoms with Gasteiger partial charge in [-0.25, -0.2) is 4.79 Å². The lowest BCUT2D eigenvalue weighted by Crippen LogP contribution is -2.50. The molecular weight excluding hydrogens is 352 g/mol. The molecule has 1 saturated heterocycles. The second kappa shape index (κ2) is 5.84. The number of rotatable bonds is 3. The average Bonchev–Trinajstić information content (AvgIpc) is 3.35. The van der Waals surface area contributed by atoms with Gasteiger partial charge in [0.15, 0.2) is 0 Å². The molecule has 1 aromatic carbocycles. The van der Waals surface area contributed by atoms with Crippen LogP contribution in [0.5, 0.6) is 0 Å². The number of hydrogen-bond acceptors (Lipinski definition) is 4. The summed E-state index contributed by atoms with van der Waals surface area (Å²) in [4.78, 5) is 25.8. The third-order valence-corrected chi connectivity index (χ3v) is 9.04. The summed E-state index contributed by atoms with van der Waals surface area (Å²) >= 11 is 0. The van der Waals surface area contributed by atoms with Gasteiger partial charge in [-0.3, -0.25) is 4.79 Å². The van der Waals surface area contributed by atoms with Crippen molar-refractivity contribution in [2.75, 3.05) is 0 Å². The highest BCUT2D eigenvalue weighted by Crippen LogP contribution is 2.66. The Labute approximate surface area is 167 Å². The summed E-state index contributed by atoms with van der Waals surface area (Å²) < 4.78 is 11.9. The van der Waals surface area contributed by atoms with Crippen LogP contribution < -0.4 is 0 Å². The lowest BCUT2D eigenvalue weighted by molar-refractivity contribution is -0.188. The zero-order chi connectivity index (χ0) is 19.7. The molecule has 4 heteroatoms. The van der Waals surface area contributed by atoms with E-state index in [1.807, 2.05) is 20.8 Å². The Hall–Kier alpha value is -1.84. The number of carbonyl (C=O) groups excluding carboxylic acids is 2. The molecule has 0 aromatic heterocycles. The van der Waals surface area contributed by atoms with Gasteiger partial charge in [0.2, 0.25) is 5.60 Å². The van der Waals surface area contributed by atoms with Gasteiger partial charge in [0, 0.05) is 5.41 Å². The van der Waals surface area contributed by atoms with E-state index in [1.165, 1.54) is 5.56 Å². The van der Waals surface area contributed by atoms with Crippen molar-refractivity contribution in [1.29, 1.82) is 0 Å². The summed E-state index contributed by atoms with van der Waals surface area (Å²) in [5, 5.41) is 0. The first-order chi connectivity index (χ1) is 13.3. The van der Waals surface area contributed by atoms with Gasteiger partial charge in [0.05, 0.1) is 5.41 Å². The Balaban J connectivity index is 1.33. The minimum atomic E-state index is -1.10. The van der Waals surface area contributed by atoms with Gasteiger partial charge < -0.3 is 9.47 Å². The molecule has 4 fully saturated rings. The maximum absolute atomic E-state index is 13.3. The van der Waals surface area contributed by atoms with Crippen molar-refractivity contribution >= 4 is 11.9 Å². The first-order valence-electron chi connectivity index (χ1n) is 10.8. The van der Waals surface area contributed by atoms with Gasteiger partial charge in [-0.15, -0.1) is 0 Å². The van der Waals surface area contributed by atoms with Gasteiger partial charge in [0.1, 0.15) is 6.10 Å². The van der Waals surface area contributed by atoms with Crippen LogP contribution in [0.3, 0.4) is 0 Å². The molecule has 0 N–H and O–H groups in total. The van der Waals surface area contributed by atoms with E-state index < -0.39 is 16.4 Å². The number of hydrogen-bond donors (Lipinski definition) is 0. The molecule has 2 bridgehead atoms. The number of ether oxygens (including phenoxy) is 2. The molecule has 28 heavy (non-hydrogen) atoms. The van der Waals surface area contributed by atoms with Crippen LogP contribution in [0.1, 0.15) is 70.8 Å². The topological polar surface area (TPSA) is 52.6 Å². The molecule has 4 aliphatic rings. The molecule has 3 saturated carbocycles. The Morgan fingerprint density at radius 1 is 1.00 bits per heavy atom. The third kappa shape index (κ3) is 2.12. The van der Waals surface area contributed by atoms with E-state index >= 15 is 0 Å². The molecule has 4 nitrogen and oxygen atoms in total. The number of esters is 2. The summed E-state index contributed by atoms with van der Waals surface area (Å²) in [7, 11) is 0. The minimum Gasteiger partial charge on any atom is -0.459 e. The molecule has 3 aliphatic carbocycles. The first-order valence-corrected chi connectivity index (χ1v) is 10.8. The second-order valence-electron chi connectivity index (χ2n) is 10.1. The molecule has 6 atom stereocenters. The molecule has 1 aliphatic heterocycles. The summed E-state index contributed by atoms with van der Waals surface area (Å²) in [5.74, 6) is 1.05. The van der Waals surface area contributed by atoms with E-state index in [9.17, 15) is 9.59 Å². The van der Waals surface area contributed by atoms with Gasteiger partial charge in [-0.2, -0.15) is 0 Å². The lowest BCUT2D eigenvalue weighted by atomic mass is 9.66. The summed E-state index contributed by atoms with van der Waals surface area (Å²) in [6, 6.07) is 10.7. The van der Waals surface area contributed by atoms with Crippen LogP contribution in [0.25, 0.3) is 0 Å². The number of benzene rings is 1. The fraction of sp³-hybridized carbons (Fsp3) is 0.667. The highest BCUT2D eigenvalue weighted by Gasteiger charge is 2.76. The Morgan fingerprint density at radius 3 is 2.36 bits per heavy atom. The van der Waals surface area contributed by atoms with Crippen LogP contribution in [-0.4, -0.2) is 23.6 Å². The maximum Gasteiger partial charge on any atom is 0.351 e. The van der Waals surface area contributed by atoms with Crippen LogP contribution in [-0.2, 0) is 19.1 Å². The molecule has 0 amide bonds. The van der Waals surface area contributed by atoms with Crippen molar-refractivity contribution in [3.8, 4) is 0 Å². The third-order valence-electron chi connectivity index (χ3n) is 9.04.